The van der Waals surface area contributed by atoms with Crippen molar-refractivity contribution >= 4 is 21.9 Å². The van der Waals surface area contributed by atoms with E-state index in [4.69, 9.17) is 18.9 Å². The molecule has 2 aromatic rings. The third-order valence-corrected chi connectivity index (χ3v) is 4.42. The molecule has 6 nitrogen and oxygen atoms in total. The molecule has 0 aliphatic carbocycles. The summed E-state index contributed by atoms with van der Waals surface area (Å²) < 4.78 is 22.6. The molecule has 1 saturated heterocycles. The van der Waals surface area contributed by atoms with E-state index in [1.165, 1.54) is 0 Å². The summed E-state index contributed by atoms with van der Waals surface area (Å²) in [7, 11) is 0. The predicted molar refractivity (Wildman–Crippen MR) is 97.8 cm³/mol. The molecule has 0 N–H and O–H groups in total. The number of halogens is 1. The molecular weight excluding hydrogens is 402 g/mol. The molecule has 0 spiro atoms. The molecule has 26 heavy (non-hydrogen) atoms. The quantitative estimate of drug-likeness (QED) is 0.481. The Bertz CT molecular complexity index is 746. The molecule has 0 amide bonds. The first-order chi connectivity index (χ1) is 12.6. The van der Waals surface area contributed by atoms with Crippen LogP contribution < -0.4 is 4.74 Å². The van der Waals surface area contributed by atoms with Gasteiger partial charge in [0.2, 0.25) is 0 Å². The van der Waals surface area contributed by atoms with Gasteiger partial charge in [0.05, 0.1) is 25.5 Å². The number of rotatable bonds is 8. The zero-order valence-corrected chi connectivity index (χ0v) is 16.0. The maximum Gasteiger partial charge on any atom is 0.332 e. The average Bonchev–Trinajstić information content (AvgIpc) is 2.60. The number of benzene rings is 1. The lowest BCUT2D eigenvalue weighted by atomic mass is 9.91. The van der Waals surface area contributed by atoms with Crippen molar-refractivity contribution in [2.24, 2.45) is 0 Å². The van der Waals surface area contributed by atoms with Crippen LogP contribution in [0.1, 0.15) is 18.2 Å². The Morgan fingerprint density at radius 3 is 2.62 bits per heavy atom. The van der Waals surface area contributed by atoms with Crippen LogP contribution in [0.3, 0.4) is 0 Å². The number of esters is 1. The summed E-state index contributed by atoms with van der Waals surface area (Å²) in [6, 6.07) is 13.3. The van der Waals surface area contributed by atoms with Crippen molar-refractivity contribution in [1.82, 2.24) is 4.98 Å². The van der Waals surface area contributed by atoms with Gasteiger partial charge >= 0.3 is 5.97 Å². The zero-order chi connectivity index (χ0) is 18.4. The second-order valence-electron chi connectivity index (χ2n) is 5.85. The second-order valence-corrected chi connectivity index (χ2v) is 6.66. The SMILES string of the molecule is CCOC(=O)COC1(c2ccc(OCc3cccc(Br)n3)cc2)COC1. The molecule has 138 valence electrons. The van der Waals surface area contributed by atoms with Crippen molar-refractivity contribution in [3.8, 4) is 5.75 Å². The molecule has 0 atom stereocenters. The molecule has 0 radical (unpaired) electrons. The van der Waals surface area contributed by atoms with Gasteiger partial charge < -0.3 is 18.9 Å². The number of hydrogen-bond donors (Lipinski definition) is 0. The van der Waals surface area contributed by atoms with Crippen molar-refractivity contribution in [2.75, 3.05) is 26.4 Å². The summed E-state index contributed by atoms with van der Waals surface area (Å²) >= 11 is 3.34. The number of carbonyl (C=O) groups is 1. The van der Waals surface area contributed by atoms with Crippen molar-refractivity contribution in [1.29, 1.82) is 0 Å². The number of ether oxygens (including phenoxy) is 4. The third-order valence-electron chi connectivity index (χ3n) is 3.98. The minimum Gasteiger partial charge on any atom is -0.487 e. The average molecular weight is 422 g/mol. The maximum absolute atomic E-state index is 11.5. The Balaban J connectivity index is 1.59. The fraction of sp³-hybridized carbons (Fsp3) is 0.368. The molecule has 0 bridgehead atoms. The van der Waals surface area contributed by atoms with E-state index in [-0.39, 0.29) is 12.6 Å². The summed E-state index contributed by atoms with van der Waals surface area (Å²) in [6.07, 6.45) is 0. The van der Waals surface area contributed by atoms with Crippen LogP contribution in [-0.2, 0) is 31.2 Å². The van der Waals surface area contributed by atoms with E-state index in [1.54, 1.807) is 6.92 Å². The van der Waals surface area contributed by atoms with E-state index in [0.29, 0.717) is 26.4 Å². The van der Waals surface area contributed by atoms with Gasteiger partial charge in [0, 0.05) is 0 Å². The first kappa shape index (κ1) is 18.8. The zero-order valence-electron chi connectivity index (χ0n) is 14.4. The summed E-state index contributed by atoms with van der Waals surface area (Å²) in [5.74, 6) is 0.358. The third kappa shape index (κ3) is 4.60. The summed E-state index contributed by atoms with van der Waals surface area (Å²) in [5, 5.41) is 0. The monoisotopic (exact) mass is 421 g/mol. The molecule has 7 heteroatoms. The van der Waals surface area contributed by atoms with Crippen LogP contribution in [0.25, 0.3) is 0 Å². The number of carbonyl (C=O) groups excluding carboxylic acids is 1. The standard InChI is InChI=1S/C19H20BrNO5/c1-2-24-18(22)11-26-19(12-23-13-19)14-6-8-16(9-7-14)25-10-15-4-3-5-17(20)21-15/h3-9H,2,10-13H2,1H3. The Kier molecular flexibility index (Phi) is 6.24. The van der Waals surface area contributed by atoms with Crippen molar-refractivity contribution in [2.45, 2.75) is 19.1 Å². The van der Waals surface area contributed by atoms with Crippen LogP contribution in [-0.4, -0.2) is 37.4 Å². The van der Waals surface area contributed by atoms with Crippen LogP contribution in [0, 0.1) is 0 Å². The lowest BCUT2D eigenvalue weighted by Gasteiger charge is -2.41. The Morgan fingerprint density at radius 1 is 1.23 bits per heavy atom. The Hall–Kier alpha value is -1.96. The minimum absolute atomic E-state index is 0.0932. The van der Waals surface area contributed by atoms with Crippen LogP contribution in [0.15, 0.2) is 47.1 Å². The first-order valence-corrected chi connectivity index (χ1v) is 9.13. The lowest BCUT2D eigenvalue weighted by Crippen LogP contribution is -2.49. The molecule has 1 fully saturated rings. The van der Waals surface area contributed by atoms with Gasteiger partial charge in [-0.1, -0.05) is 18.2 Å². The van der Waals surface area contributed by atoms with E-state index in [1.807, 2.05) is 42.5 Å². The lowest BCUT2D eigenvalue weighted by molar-refractivity contribution is -0.221. The molecule has 0 unspecified atom stereocenters. The second kappa shape index (κ2) is 8.62. The Labute approximate surface area is 160 Å². The molecule has 1 aromatic carbocycles. The van der Waals surface area contributed by atoms with Gasteiger partial charge in [-0.3, -0.25) is 0 Å². The largest absolute Gasteiger partial charge is 0.487 e. The highest BCUT2D eigenvalue weighted by Crippen LogP contribution is 2.34. The van der Waals surface area contributed by atoms with Gasteiger partial charge in [0.1, 0.15) is 29.2 Å². The van der Waals surface area contributed by atoms with Crippen LogP contribution in [0.2, 0.25) is 0 Å². The van der Waals surface area contributed by atoms with Crippen LogP contribution >= 0.6 is 15.9 Å². The van der Waals surface area contributed by atoms with Crippen molar-refractivity contribution < 1.29 is 23.7 Å². The van der Waals surface area contributed by atoms with E-state index >= 15 is 0 Å². The highest BCUT2D eigenvalue weighted by atomic mass is 79.9. The fourth-order valence-electron chi connectivity index (χ4n) is 2.56. The summed E-state index contributed by atoms with van der Waals surface area (Å²) in [4.78, 5) is 15.9. The minimum atomic E-state index is -0.600. The number of hydrogen-bond acceptors (Lipinski definition) is 6. The summed E-state index contributed by atoms with van der Waals surface area (Å²) in [5.41, 5.74) is 1.18. The van der Waals surface area contributed by atoms with Crippen molar-refractivity contribution in [3.63, 3.8) is 0 Å². The van der Waals surface area contributed by atoms with Gasteiger partial charge in [-0.05, 0) is 52.7 Å². The highest BCUT2D eigenvalue weighted by Gasteiger charge is 2.42. The predicted octanol–water partition coefficient (Wildman–Crippen LogP) is 3.23. The molecule has 0 saturated carbocycles. The molecule has 2 heterocycles. The van der Waals surface area contributed by atoms with E-state index in [0.717, 1.165) is 21.6 Å². The van der Waals surface area contributed by atoms with Gasteiger partial charge in [0.25, 0.3) is 0 Å². The number of aromatic nitrogens is 1. The molecule has 1 aromatic heterocycles. The number of nitrogens with zero attached hydrogens (tertiary/aromatic N) is 1. The molecule has 1 aliphatic rings. The van der Waals surface area contributed by atoms with Crippen LogP contribution in [0.5, 0.6) is 5.75 Å². The van der Waals surface area contributed by atoms with E-state index in [2.05, 4.69) is 20.9 Å². The smallest absolute Gasteiger partial charge is 0.332 e. The normalized spacial score (nSPS) is 15.2. The fourth-order valence-corrected chi connectivity index (χ4v) is 2.94. The van der Waals surface area contributed by atoms with Gasteiger partial charge in [0.15, 0.2) is 0 Å². The van der Waals surface area contributed by atoms with Crippen LogP contribution in [0.4, 0.5) is 0 Å². The van der Waals surface area contributed by atoms with Gasteiger partial charge in [-0.15, -0.1) is 0 Å². The molecule has 3 rings (SSSR count). The highest BCUT2D eigenvalue weighted by molar-refractivity contribution is 9.10. The van der Waals surface area contributed by atoms with Gasteiger partial charge in [-0.25, -0.2) is 9.78 Å². The first-order valence-electron chi connectivity index (χ1n) is 8.33. The summed E-state index contributed by atoms with van der Waals surface area (Å²) in [6.45, 7) is 3.21. The maximum atomic E-state index is 11.5. The van der Waals surface area contributed by atoms with Gasteiger partial charge in [-0.2, -0.15) is 0 Å². The number of pyridine rings is 1. The van der Waals surface area contributed by atoms with E-state index in [9.17, 15) is 4.79 Å². The van der Waals surface area contributed by atoms with E-state index < -0.39 is 5.60 Å². The topological polar surface area (TPSA) is 66.9 Å². The Morgan fingerprint density at radius 2 is 2.00 bits per heavy atom. The molecule has 1 aliphatic heterocycles. The van der Waals surface area contributed by atoms with Crippen molar-refractivity contribution in [3.05, 3.63) is 58.3 Å². The molecular formula is C19H20BrNO5.